The molecule has 2 nitrogen and oxygen atoms in total. The molecule has 0 heterocycles. The van der Waals surface area contributed by atoms with Crippen LogP contribution in [0, 0.1) is 6.92 Å². The molecule has 4 heteroatoms. The summed E-state index contributed by atoms with van der Waals surface area (Å²) in [6.07, 6.45) is 0.745. The molecule has 0 saturated carbocycles. The molecule has 2 aromatic rings. The van der Waals surface area contributed by atoms with E-state index in [9.17, 15) is 0 Å². The Hall–Kier alpha value is -1.22. The Morgan fingerprint density at radius 3 is 2.55 bits per heavy atom. The van der Waals surface area contributed by atoms with Gasteiger partial charge in [-0.3, -0.25) is 0 Å². The molecule has 0 spiro atoms. The molecule has 20 heavy (non-hydrogen) atoms. The summed E-state index contributed by atoms with van der Waals surface area (Å²) in [5.74, 6) is 1.42. The molecule has 0 aromatic heterocycles. The van der Waals surface area contributed by atoms with Gasteiger partial charge in [-0.25, -0.2) is 0 Å². The summed E-state index contributed by atoms with van der Waals surface area (Å²) in [6.45, 7) is 3.92. The van der Waals surface area contributed by atoms with Gasteiger partial charge in [0, 0.05) is 16.1 Å². The van der Waals surface area contributed by atoms with E-state index in [1.807, 2.05) is 38.1 Å². The lowest BCUT2D eigenvalue weighted by Crippen LogP contribution is -2.17. The van der Waals surface area contributed by atoms with E-state index in [2.05, 4.69) is 0 Å². The van der Waals surface area contributed by atoms with E-state index in [1.54, 1.807) is 12.1 Å². The number of rotatable bonds is 4. The smallest absolute Gasteiger partial charge is 0.131 e. The Kier molecular flexibility index (Phi) is 4.92. The van der Waals surface area contributed by atoms with Crippen LogP contribution in [0.4, 0.5) is 0 Å². The minimum absolute atomic E-state index is 0.0782. The molecule has 0 bridgehead atoms. The fraction of sp³-hybridized carbons (Fsp3) is 0.250. The Labute approximate surface area is 129 Å². The zero-order valence-corrected chi connectivity index (χ0v) is 13.0. The molecular weight excluding hydrogens is 293 g/mol. The molecule has 2 rings (SSSR count). The first-order chi connectivity index (χ1) is 9.45. The zero-order valence-electron chi connectivity index (χ0n) is 11.5. The standard InChI is InChI=1S/C16H17Cl2NO/c1-10-3-5-13(17)8-16(10)20-14-6-4-12(7-11(2)19)15(18)9-14/h3-6,8-9,11H,7,19H2,1-2H3. The van der Waals surface area contributed by atoms with Gasteiger partial charge in [0.25, 0.3) is 0 Å². The van der Waals surface area contributed by atoms with Gasteiger partial charge in [0.1, 0.15) is 11.5 Å². The molecule has 0 saturated heterocycles. The fourth-order valence-corrected chi connectivity index (χ4v) is 2.32. The number of benzene rings is 2. The van der Waals surface area contributed by atoms with Gasteiger partial charge < -0.3 is 10.5 Å². The third-order valence-corrected chi connectivity index (χ3v) is 3.53. The Bertz CT molecular complexity index is 611. The molecule has 0 aliphatic heterocycles. The molecule has 0 amide bonds. The maximum atomic E-state index is 6.25. The van der Waals surface area contributed by atoms with Gasteiger partial charge in [0.05, 0.1) is 0 Å². The van der Waals surface area contributed by atoms with Gasteiger partial charge in [-0.1, -0.05) is 35.3 Å². The first-order valence-corrected chi connectivity index (χ1v) is 7.19. The lowest BCUT2D eigenvalue weighted by molar-refractivity contribution is 0.478. The topological polar surface area (TPSA) is 35.2 Å². The SMILES string of the molecule is Cc1ccc(Cl)cc1Oc1ccc(CC(C)N)c(Cl)c1. The maximum Gasteiger partial charge on any atom is 0.131 e. The maximum absolute atomic E-state index is 6.25. The molecule has 1 atom stereocenters. The first kappa shape index (κ1) is 15.2. The first-order valence-electron chi connectivity index (χ1n) is 6.43. The van der Waals surface area contributed by atoms with Gasteiger partial charge in [0.2, 0.25) is 0 Å². The van der Waals surface area contributed by atoms with Crippen LogP contribution in [0.3, 0.4) is 0 Å². The van der Waals surface area contributed by atoms with E-state index in [4.69, 9.17) is 33.7 Å². The third-order valence-electron chi connectivity index (χ3n) is 2.94. The third kappa shape index (κ3) is 3.89. The number of aryl methyl sites for hydroxylation is 1. The molecule has 0 fully saturated rings. The summed E-state index contributed by atoms with van der Waals surface area (Å²) >= 11 is 12.2. The minimum atomic E-state index is 0.0782. The van der Waals surface area contributed by atoms with Crippen molar-refractivity contribution >= 4 is 23.2 Å². The Morgan fingerprint density at radius 2 is 1.90 bits per heavy atom. The second-order valence-corrected chi connectivity index (χ2v) is 5.79. The predicted octanol–water partition coefficient (Wildman–Crippen LogP) is 4.98. The molecule has 0 aliphatic carbocycles. The van der Waals surface area contributed by atoms with Crippen molar-refractivity contribution in [2.24, 2.45) is 5.73 Å². The highest BCUT2D eigenvalue weighted by molar-refractivity contribution is 6.31. The molecule has 1 unspecified atom stereocenters. The van der Waals surface area contributed by atoms with Crippen LogP contribution < -0.4 is 10.5 Å². The number of hydrogen-bond donors (Lipinski definition) is 1. The summed E-state index contributed by atoms with van der Waals surface area (Å²) in [5.41, 5.74) is 7.83. The van der Waals surface area contributed by atoms with Crippen molar-refractivity contribution in [2.45, 2.75) is 26.3 Å². The van der Waals surface area contributed by atoms with Crippen molar-refractivity contribution in [3.8, 4) is 11.5 Å². The summed E-state index contributed by atoms with van der Waals surface area (Å²) < 4.78 is 5.83. The summed E-state index contributed by atoms with van der Waals surface area (Å²) in [7, 11) is 0. The second kappa shape index (κ2) is 6.49. The van der Waals surface area contributed by atoms with Gasteiger partial charge in [-0.05, 0) is 55.7 Å². The zero-order chi connectivity index (χ0) is 14.7. The molecule has 2 N–H and O–H groups in total. The van der Waals surface area contributed by atoms with Crippen LogP contribution in [0.1, 0.15) is 18.1 Å². The van der Waals surface area contributed by atoms with Gasteiger partial charge in [0.15, 0.2) is 0 Å². The summed E-state index contributed by atoms with van der Waals surface area (Å²) in [6, 6.07) is 11.3. The Balaban J connectivity index is 2.22. The lowest BCUT2D eigenvalue weighted by Gasteiger charge is -2.12. The van der Waals surface area contributed by atoms with E-state index in [1.165, 1.54) is 0 Å². The van der Waals surface area contributed by atoms with Crippen LogP contribution in [-0.4, -0.2) is 6.04 Å². The molecule has 0 aliphatic rings. The second-order valence-electron chi connectivity index (χ2n) is 4.95. The van der Waals surface area contributed by atoms with Crippen LogP contribution in [0.2, 0.25) is 10.0 Å². The van der Waals surface area contributed by atoms with E-state index in [-0.39, 0.29) is 6.04 Å². The quantitative estimate of drug-likeness (QED) is 0.864. The van der Waals surface area contributed by atoms with E-state index in [0.29, 0.717) is 15.8 Å². The van der Waals surface area contributed by atoms with Crippen LogP contribution in [0.25, 0.3) is 0 Å². The molecular formula is C16H17Cl2NO. The van der Waals surface area contributed by atoms with E-state index >= 15 is 0 Å². The van der Waals surface area contributed by atoms with Crippen LogP contribution in [0.5, 0.6) is 11.5 Å². The highest BCUT2D eigenvalue weighted by Crippen LogP contribution is 2.30. The van der Waals surface area contributed by atoms with Crippen molar-refractivity contribution < 1.29 is 4.74 Å². The number of ether oxygens (including phenoxy) is 1. The lowest BCUT2D eigenvalue weighted by atomic mass is 10.1. The number of hydrogen-bond acceptors (Lipinski definition) is 2. The molecule has 0 radical (unpaired) electrons. The van der Waals surface area contributed by atoms with Crippen LogP contribution in [-0.2, 0) is 6.42 Å². The Morgan fingerprint density at radius 1 is 1.15 bits per heavy atom. The largest absolute Gasteiger partial charge is 0.457 e. The highest BCUT2D eigenvalue weighted by atomic mass is 35.5. The summed E-state index contributed by atoms with van der Waals surface area (Å²) in [5, 5.41) is 1.31. The van der Waals surface area contributed by atoms with Crippen molar-refractivity contribution in [1.82, 2.24) is 0 Å². The van der Waals surface area contributed by atoms with Gasteiger partial charge in [-0.15, -0.1) is 0 Å². The highest BCUT2D eigenvalue weighted by Gasteiger charge is 2.07. The number of nitrogens with two attached hydrogens (primary N) is 1. The van der Waals surface area contributed by atoms with Crippen molar-refractivity contribution in [3.05, 3.63) is 57.6 Å². The van der Waals surface area contributed by atoms with Crippen molar-refractivity contribution in [1.29, 1.82) is 0 Å². The average Bonchev–Trinajstić information content (AvgIpc) is 2.37. The van der Waals surface area contributed by atoms with Crippen LogP contribution >= 0.6 is 23.2 Å². The number of halogens is 2. The van der Waals surface area contributed by atoms with Crippen molar-refractivity contribution in [2.75, 3.05) is 0 Å². The van der Waals surface area contributed by atoms with E-state index < -0.39 is 0 Å². The van der Waals surface area contributed by atoms with E-state index in [0.717, 1.165) is 23.3 Å². The predicted molar refractivity (Wildman–Crippen MR) is 85.1 cm³/mol. The van der Waals surface area contributed by atoms with Gasteiger partial charge >= 0.3 is 0 Å². The average molecular weight is 310 g/mol. The van der Waals surface area contributed by atoms with Gasteiger partial charge in [-0.2, -0.15) is 0 Å². The van der Waals surface area contributed by atoms with Crippen LogP contribution in [0.15, 0.2) is 36.4 Å². The normalized spacial score (nSPS) is 12.2. The molecule has 2 aromatic carbocycles. The summed E-state index contributed by atoms with van der Waals surface area (Å²) in [4.78, 5) is 0. The fourth-order valence-electron chi connectivity index (χ4n) is 1.91. The minimum Gasteiger partial charge on any atom is -0.457 e. The van der Waals surface area contributed by atoms with Crippen molar-refractivity contribution in [3.63, 3.8) is 0 Å². The monoisotopic (exact) mass is 309 g/mol. The molecule has 106 valence electrons.